The molecular weight excluding hydrogens is 296 g/mol. The molecule has 1 saturated heterocycles. The van der Waals surface area contributed by atoms with Crippen LogP contribution in [0.15, 0.2) is 0 Å². The third-order valence-electron chi connectivity index (χ3n) is 3.08. The minimum absolute atomic E-state index is 0.0232. The highest BCUT2D eigenvalue weighted by molar-refractivity contribution is 7.99. The lowest BCUT2D eigenvalue weighted by atomic mass is 10.1. The maximum absolute atomic E-state index is 11.9. The molecule has 0 aromatic heterocycles. The van der Waals surface area contributed by atoms with Crippen molar-refractivity contribution < 1.29 is 9.83 Å². The van der Waals surface area contributed by atoms with E-state index in [9.17, 15) is 14.9 Å². The number of amides is 1. The Hall–Kier alpha value is -1.55. The molecule has 0 aromatic carbocycles. The number of rotatable bonds is 8. The van der Waals surface area contributed by atoms with Gasteiger partial charge in [-0.1, -0.05) is 18.3 Å². The topological polar surface area (TPSA) is 137 Å². The van der Waals surface area contributed by atoms with Gasteiger partial charge in [0.15, 0.2) is 5.03 Å². The van der Waals surface area contributed by atoms with Gasteiger partial charge in [0.25, 0.3) is 5.96 Å². The van der Waals surface area contributed by atoms with Crippen LogP contribution < -0.4 is 16.5 Å². The second kappa shape index (κ2) is 9.40. The fourth-order valence-electron chi connectivity index (χ4n) is 1.96. The van der Waals surface area contributed by atoms with Crippen molar-refractivity contribution in [3.8, 4) is 0 Å². The summed E-state index contributed by atoms with van der Waals surface area (Å²) in [6.45, 7) is 1.26. The summed E-state index contributed by atoms with van der Waals surface area (Å²) < 4.78 is 0. The van der Waals surface area contributed by atoms with Gasteiger partial charge >= 0.3 is 0 Å². The van der Waals surface area contributed by atoms with Crippen LogP contribution in [0.2, 0.25) is 0 Å². The van der Waals surface area contributed by atoms with E-state index in [-0.39, 0.29) is 11.9 Å². The van der Waals surface area contributed by atoms with Crippen molar-refractivity contribution in [3.05, 3.63) is 10.1 Å². The summed E-state index contributed by atoms with van der Waals surface area (Å²) in [4.78, 5) is 23.8. The first-order chi connectivity index (χ1) is 10.0. The van der Waals surface area contributed by atoms with Crippen molar-refractivity contribution >= 4 is 23.6 Å². The largest absolute Gasteiger partial charge is 0.352 e. The van der Waals surface area contributed by atoms with Crippen molar-refractivity contribution in [1.29, 1.82) is 5.41 Å². The number of carbonyl (C=O) groups excluding carboxylic acids is 1. The predicted octanol–water partition coefficient (Wildman–Crippen LogP) is -0.287. The molecule has 0 spiro atoms. The molecule has 0 radical (unpaired) electrons. The van der Waals surface area contributed by atoms with Gasteiger partial charge in [0.1, 0.15) is 0 Å². The van der Waals surface area contributed by atoms with Crippen molar-refractivity contribution in [1.82, 2.24) is 15.6 Å². The molecule has 1 fully saturated rings. The molecule has 120 valence electrons. The summed E-state index contributed by atoms with van der Waals surface area (Å²) in [6, 6.07) is -0.439. The molecule has 0 aliphatic carbocycles. The third kappa shape index (κ3) is 7.14. The van der Waals surface area contributed by atoms with Crippen LogP contribution >= 0.6 is 11.8 Å². The van der Waals surface area contributed by atoms with Crippen molar-refractivity contribution in [3.63, 3.8) is 0 Å². The van der Waals surface area contributed by atoms with Crippen LogP contribution in [0.1, 0.15) is 25.7 Å². The minimum Gasteiger partial charge on any atom is -0.352 e. The number of nitrogens with one attached hydrogen (secondary N) is 3. The highest BCUT2D eigenvalue weighted by Crippen LogP contribution is 2.15. The van der Waals surface area contributed by atoms with Crippen LogP contribution in [0.3, 0.4) is 0 Å². The van der Waals surface area contributed by atoms with Crippen molar-refractivity contribution in [2.45, 2.75) is 31.7 Å². The SMILES string of the molecule is N=C(NCCCCC[C@H](N)C(=O)N1CCSC1)N[N+](=O)[O-]. The maximum atomic E-state index is 11.9. The van der Waals surface area contributed by atoms with Gasteiger partial charge in [0.05, 0.1) is 11.9 Å². The second-order valence-electron chi connectivity index (χ2n) is 4.77. The minimum atomic E-state index is -0.781. The van der Waals surface area contributed by atoms with E-state index in [1.54, 1.807) is 22.1 Å². The Labute approximate surface area is 127 Å². The van der Waals surface area contributed by atoms with Gasteiger partial charge in [-0.05, 0) is 12.8 Å². The summed E-state index contributed by atoms with van der Waals surface area (Å²) in [7, 11) is 0. The third-order valence-corrected chi connectivity index (χ3v) is 4.04. The molecule has 0 bridgehead atoms. The zero-order valence-corrected chi connectivity index (χ0v) is 12.7. The summed E-state index contributed by atoms with van der Waals surface area (Å²) >= 11 is 1.74. The predicted molar refractivity (Wildman–Crippen MR) is 81.3 cm³/mol. The fourth-order valence-corrected chi connectivity index (χ4v) is 2.91. The monoisotopic (exact) mass is 318 g/mol. The Morgan fingerprint density at radius 1 is 1.48 bits per heavy atom. The molecule has 0 unspecified atom stereocenters. The Balaban J connectivity index is 2.01. The summed E-state index contributed by atoms with van der Waals surface area (Å²) in [5, 5.41) is 19.0. The highest BCUT2D eigenvalue weighted by Gasteiger charge is 2.23. The maximum Gasteiger partial charge on any atom is 0.251 e. The molecule has 1 atom stereocenters. The molecule has 21 heavy (non-hydrogen) atoms. The number of unbranched alkanes of at least 4 members (excludes halogenated alkanes) is 2. The van der Waals surface area contributed by atoms with Crippen LogP contribution in [0, 0.1) is 15.5 Å². The number of hydrazine groups is 1. The Kier molecular flexibility index (Phi) is 7.83. The standard InChI is InChI=1S/C11H22N6O3S/c12-9(10(18)16-6-7-21-8-16)4-2-1-3-5-14-11(13)15-17(19)20/h9H,1-8,12H2,(H3,13,14,15)/t9-/m0/s1. The molecule has 0 aromatic rings. The molecule has 1 aliphatic rings. The smallest absolute Gasteiger partial charge is 0.251 e. The van der Waals surface area contributed by atoms with E-state index in [2.05, 4.69) is 5.32 Å². The number of guanidine groups is 1. The Bertz CT molecular complexity index is 375. The van der Waals surface area contributed by atoms with Crippen LogP contribution in [0.5, 0.6) is 0 Å². The van der Waals surface area contributed by atoms with E-state index in [4.69, 9.17) is 11.1 Å². The molecule has 0 saturated carbocycles. The molecule has 1 heterocycles. The van der Waals surface area contributed by atoms with Gasteiger partial charge in [-0.3, -0.25) is 10.2 Å². The first-order valence-corrected chi connectivity index (χ1v) is 8.01. The molecule has 9 nitrogen and oxygen atoms in total. The van der Waals surface area contributed by atoms with E-state index in [0.29, 0.717) is 13.0 Å². The average Bonchev–Trinajstić information content (AvgIpc) is 2.94. The molecule has 1 rings (SSSR count). The number of thioether (sulfide) groups is 1. The first kappa shape index (κ1) is 17.5. The zero-order chi connectivity index (χ0) is 15.7. The van der Waals surface area contributed by atoms with E-state index >= 15 is 0 Å². The van der Waals surface area contributed by atoms with E-state index in [1.807, 2.05) is 0 Å². The van der Waals surface area contributed by atoms with Crippen molar-refractivity contribution in [2.75, 3.05) is 24.7 Å². The van der Waals surface area contributed by atoms with Gasteiger partial charge in [-0.2, -0.15) is 0 Å². The molecule has 1 aliphatic heterocycles. The van der Waals surface area contributed by atoms with Crippen LogP contribution in [-0.4, -0.2) is 52.6 Å². The number of carbonyl (C=O) groups is 1. The van der Waals surface area contributed by atoms with Crippen LogP contribution in [0.4, 0.5) is 0 Å². The normalized spacial score (nSPS) is 15.6. The average molecular weight is 318 g/mol. The van der Waals surface area contributed by atoms with E-state index < -0.39 is 11.1 Å². The quantitative estimate of drug-likeness (QED) is 0.159. The fraction of sp³-hybridized carbons (Fsp3) is 0.818. The lowest BCUT2D eigenvalue weighted by molar-refractivity contribution is -0.525. The van der Waals surface area contributed by atoms with Gasteiger partial charge in [0, 0.05) is 18.8 Å². The number of hydrogen-bond acceptors (Lipinski definition) is 6. The Morgan fingerprint density at radius 2 is 2.24 bits per heavy atom. The van der Waals surface area contributed by atoms with Crippen LogP contribution in [0.25, 0.3) is 0 Å². The number of nitro groups is 1. The van der Waals surface area contributed by atoms with Gasteiger partial charge < -0.3 is 16.0 Å². The number of nitrogens with zero attached hydrogens (tertiary/aromatic N) is 2. The lowest BCUT2D eigenvalue weighted by Crippen LogP contribution is -2.42. The molecule has 1 amide bonds. The molecular formula is C11H22N6O3S. The summed E-state index contributed by atoms with van der Waals surface area (Å²) in [5.74, 6) is 1.42. The molecule has 5 N–H and O–H groups in total. The van der Waals surface area contributed by atoms with Gasteiger partial charge in [-0.15, -0.1) is 11.8 Å². The van der Waals surface area contributed by atoms with Gasteiger partial charge in [0.2, 0.25) is 5.91 Å². The summed E-state index contributed by atoms with van der Waals surface area (Å²) in [5.41, 5.74) is 7.60. The van der Waals surface area contributed by atoms with E-state index in [0.717, 1.165) is 37.4 Å². The van der Waals surface area contributed by atoms with Gasteiger partial charge in [-0.25, -0.2) is 10.1 Å². The molecule has 10 heteroatoms. The number of nitrogens with two attached hydrogens (primary N) is 1. The number of hydrogen-bond donors (Lipinski definition) is 4. The van der Waals surface area contributed by atoms with Crippen molar-refractivity contribution in [2.24, 2.45) is 5.73 Å². The van der Waals surface area contributed by atoms with Crippen LogP contribution in [-0.2, 0) is 4.79 Å². The lowest BCUT2D eigenvalue weighted by Gasteiger charge is -2.19. The van der Waals surface area contributed by atoms with E-state index in [1.165, 1.54) is 0 Å². The Morgan fingerprint density at radius 3 is 2.86 bits per heavy atom. The zero-order valence-electron chi connectivity index (χ0n) is 11.8. The summed E-state index contributed by atoms with van der Waals surface area (Å²) in [6.07, 6.45) is 3.09. The second-order valence-corrected chi connectivity index (χ2v) is 5.84. The first-order valence-electron chi connectivity index (χ1n) is 6.86. The highest BCUT2D eigenvalue weighted by atomic mass is 32.2.